The van der Waals surface area contributed by atoms with Crippen LogP contribution in [-0.4, -0.2) is 40.7 Å². The summed E-state index contributed by atoms with van der Waals surface area (Å²) in [7, 11) is 0. The van der Waals surface area contributed by atoms with E-state index in [1.807, 2.05) is 13.0 Å². The Morgan fingerprint density at radius 3 is 1.94 bits per heavy atom. The summed E-state index contributed by atoms with van der Waals surface area (Å²) in [4.78, 5) is 0. The molecular weight excluding hydrogens is 412 g/mol. The van der Waals surface area contributed by atoms with Crippen molar-refractivity contribution >= 4 is 0 Å². The summed E-state index contributed by atoms with van der Waals surface area (Å²) in [5.74, 6) is 0.733. The zero-order valence-corrected chi connectivity index (χ0v) is 21.6. The van der Waals surface area contributed by atoms with E-state index >= 15 is 0 Å². The molecule has 0 aliphatic heterocycles. The van der Waals surface area contributed by atoms with Crippen LogP contribution in [0.3, 0.4) is 0 Å². The van der Waals surface area contributed by atoms with Crippen molar-refractivity contribution in [3.8, 4) is 5.75 Å². The predicted octanol–water partition coefficient (Wildman–Crippen LogP) is 5.48. The molecule has 4 heteroatoms. The van der Waals surface area contributed by atoms with Gasteiger partial charge in [-0.1, -0.05) is 65.0 Å². The van der Waals surface area contributed by atoms with Crippen molar-refractivity contribution in [2.45, 2.75) is 91.8 Å². The first-order valence-electron chi connectivity index (χ1n) is 12.3. The van der Waals surface area contributed by atoms with Crippen molar-refractivity contribution in [2.24, 2.45) is 5.41 Å². The van der Waals surface area contributed by atoms with E-state index in [1.165, 1.54) is 22.3 Å². The molecule has 0 aromatic heterocycles. The lowest BCUT2D eigenvalue weighted by Gasteiger charge is -2.34. The number of benzene rings is 2. The third kappa shape index (κ3) is 6.59. The molecule has 0 heterocycles. The van der Waals surface area contributed by atoms with Crippen molar-refractivity contribution in [1.82, 2.24) is 0 Å². The number of aryl methyl sites for hydroxylation is 3. The number of hydrogen-bond acceptors (Lipinski definition) is 4. The smallest absolute Gasteiger partial charge is 0.122 e. The van der Waals surface area contributed by atoms with Crippen molar-refractivity contribution in [2.75, 3.05) is 13.2 Å². The van der Waals surface area contributed by atoms with Crippen LogP contribution < -0.4 is 4.74 Å². The largest absolute Gasteiger partial charge is 0.491 e. The molecule has 0 fully saturated rings. The molecule has 0 saturated heterocycles. The van der Waals surface area contributed by atoms with Gasteiger partial charge in [-0.15, -0.1) is 0 Å². The van der Waals surface area contributed by atoms with Gasteiger partial charge in [0.05, 0.1) is 12.7 Å². The zero-order chi connectivity index (χ0) is 24.8. The van der Waals surface area contributed by atoms with Gasteiger partial charge >= 0.3 is 0 Å². The first-order valence-corrected chi connectivity index (χ1v) is 12.3. The van der Waals surface area contributed by atoms with E-state index in [1.54, 1.807) is 0 Å². The summed E-state index contributed by atoms with van der Waals surface area (Å²) in [6.07, 6.45) is 2.41. The summed E-state index contributed by atoms with van der Waals surface area (Å²) in [6.45, 7) is 14.7. The van der Waals surface area contributed by atoms with Crippen LogP contribution in [0.15, 0.2) is 36.4 Å². The number of aliphatic hydroxyl groups is 3. The third-order valence-electron chi connectivity index (χ3n) is 7.16. The summed E-state index contributed by atoms with van der Waals surface area (Å²) < 4.78 is 5.70. The molecule has 2 atom stereocenters. The maximum Gasteiger partial charge on any atom is 0.122 e. The predicted molar refractivity (Wildman–Crippen MR) is 136 cm³/mol. The molecule has 0 spiro atoms. The average molecular weight is 457 g/mol. The molecule has 0 aliphatic rings. The topological polar surface area (TPSA) is 69.9 Å². The van der Waals surface area contributed by atoms with Crippen molar-refractivity contribution in [3.05, 3.63) is 64.2 Å². The summed E-state index contributed by atoms with van der Waals surface area (Å²) in [6, 6.07) is 13.1. The Kier molecular flexibility index (Phi) is 9.54. The molecule has 2 rings (SSSR count). The minimum atomic E-state index is -0.875. The average Bonchev–Trinajstić information content (AvgIpc) is 2.78. The van der Waals surface area contributed by atoms with Crippen molar-refractivity contribution in [3.63, 3.8) is 0 Å². The molecule has 2 aromatic rings. The van der Waals surface area contributed by atoms with Gasteiger partial charge < -0.3 is 20.1 Å². The van der Waals surface area contributed by atoms with E-state index in [2.05, 4.69) is 71.9 Å². The highest BCUT2D eigenvalue weighted by Gasteiger charge is 2.31. The van der Waals surface area contributed by atoms with Crippen molar-refractivity contribution in [1.29, 1.82) is 0 Å². The summed E-state index contributed by atoms with van der Waals surface area (Å²) in [5, 5.41) is 29.0. The fourth-order valence-corrected chi connectivity index (χ4v) is 4.58. The zero-order valence-electron chi connectivity index (χ0n) is 21.6. The Hall–Kier alpha value is -1.88. The Morgan fingerprint density at radius 2 is 1.45 bits per heavy atom. The van der Waals surface area contributed by atoms with Gasteiger partial charge in [0.1, 0.15) is 18.5 Å². The van der Waals surface area contributed by atoms with Crippen LogP contribution in [0.1, 0.15) is 81.7 Å². The summed E-state index contributed by atoms with van der Waals surface area (Å²) >= 11 is 0. The quantitative estimate of drug-likeness (QED) is 0.419. The van der Waals surface area contributed by atoms with Gasteiger partial charge in [-0.25, -0.2) is 0 Å². The van der Waals surface area contributed by atoms with Gasteiger partial charge in [0, 0.05) is 5.41 Å². The first-order chi connectivity index (χ1) is 15.5. The SMILES string of the molecule is CCC(CC)(c1ccc(CCC(O)C(C)(C)C)c(C)c1)c1ccc(OC[C@@H](O)CO)c(C)c1. The Bertz CT molecular complexity index is 893. The number of hydrogen-bond donors (Lipinski definition) is 3. The van der Waals surface area contributed by atoms with Crippen LogP contribution in [0.2, 0.25) is 0 Å². The third-order valence-corrected chi connectivity index (χ3v) is 7.16. The maximum absolute atomic E-state index is 10.4. The Labute approximate surface area is 200 Å². The van der Waals surface area contributed by atoms with Gasteiger partial charge in [0.15, 0.2) is 0 Å². The lowest BCUT2D eigenvalue weighted by molar-refractivity contribution is 0.0534. The van der Waals surface area contributed by atoms with E-state index in [-0.39, 0.29) is 30.1 Å². The van der Waals surface area contributed by atoms with Gasteiger partial charge in [-0.3, -0.25) is 0 Å². The molecule has 0 radical (unpaired) electrons. The molecule has 0 aliphatic carbocycles. The Morgan fingerprint density at radius 1 is 0.879 bits per heavy atom. The molecule has 1 unspecified atom stereocenters. The highest BCUT2D eigenvalue weighted by Crippen LogP contribution is 2.41. The molecule has 2 aromatic carbocycles. The van der Waals surface area contributed by atoms with Crippen LogP contribution in [0.5, 0.6) is 5.75 Å². The van der Waals surface area contributed by atoms with Crippen LogP contribution in [-0.2, 0) is 11.8 Å². The molecule has 0 saturated carbocycles. The normalized spacial score (nSPS) is 14.2. The number of ether oxygens (including phenoxy) is 1. The second-order valence-electron chi connectivity index (χ2n) is 10.5. The maximum atomic E-state index is 10.4. The summed E-state index contributed by atoms with van der Waals surface area (Å²) in [5.41, 5.74) is 5.97. The van der Waals surface area contributed by atoms with E-state index in [0.717, 1.165) is 37.0 Å². The standard InChI is InChI=1S/C29H44O4/c1-8-29(9-2,24-13-14-26(21(4)17-24)33-19-25(31)18-30)23-12-10-22(20(3)16-23)11-15-27(32)28(5,6)7/h10,12-14,16-17,25,27,30-32H,8-9,11,15,18-19H2,1-7H3/t25-,27?/m0/s1. The van der Waals surface area contributed by atoms with Crippen LogP contribution in [0, 0.1) is 19.3 Å². The van der Waals surface area contributed by atoms with E-state index in [0.29, 0.717) is 0 Å². The minimum Gasteiger partial charge on any atom is -0.491 e. The van der Waals surface area contributed by atoms with Gasteiger partial charge in [-0.05, 0) is 78.8 Å². The van der Waals surface area contributed by atoms with E-state index < -0.39 is 6.10 Å². The van der Waals surface area contributed by atoms with E-state index in [4.69, 9.17) is 9.84 Å². The second-order valence-corrected chi connectivity index (χ2v) is 10.5. The van der Waals surface area contributed by atoms with Gasteiger partial charge in [0.25, 0.3) is 0 Å². The minimum absolute atomic E-state index is 0.0773. The highest BCUT2D eigenvalue weighted by molar-refractivity contribution is 5.47. The molecule has 33 heavy (non-hydrogen) atoms. The first kappa shape index (κ1) is 27.4. The van der Waals surface area contributed by atoms with Crippen LogP contribution in [0.4, 0.5) is 0 Å². The van der Waals surface area contributed by atoms with Crippen LogP contribution in [0.25, 0.3) is 0 Å². The fourth-order valence-electron chi connectivity index (χ4n) is 4.58. The molecule has 3 N–H and O–H groups in total. The van der Waals surface area contributed by atoms with Gasteiger partial charge in [-0.2, -0.15) is 0 Å². The lowest BCUT2D eigenvalue weighted by atomic mass is 9.69. The molecule has 4 nitrogen and oxygen atoms in total. The molecule has 0 amide bonds. The fraction of sp³-hybridized carbons (Fsp3) is 0.586. The Balaban J connectivity index is 2.31. The monoisotopic (exact) mass is 456 g/mol. The molecule has 0 bridgehead atoms. The highest BCUT2D eigenvalue weighted by atomic mass is 16.5. The molecular formula is C29H44O4. The molecule has 184 valence electrons. The van der Waals surface area contributed by atoms with Crippen molar-refractivity contribution < 1.29 is 20.1 Å². The number of aliphatic hydroxyl groups excluding tert-OH is 3. The van der Waals surface area contributed by atoms with E-state index in [9.17, 15) is 10.2 Å². The number of rotatable bonds is 11. The van der Waals surface area contributed by atoms with Gasteiger partial charge in [0.2, 0.25) is 0 Å². The lowest BCUT2D eigenvalue weighted by Crippen LogP contribution is -2.27. The second kappa shape index (κ2) is 11.5. The van der Waals surface area contributed by atoms with Crippen LogP contribution >= 0.6 is 0 Å².